The van der Waals surface area contributed by atoms with Gasteiger partial charge in [0.05, 0.1) is 0 Å². The first-order valence-electron chi connectivity index (χ1n) is 3.71. The summed E-state index contributed by atoms with van der Waals surface area (Å²) >= 11 is 0. The number of allylic oxidation sites excluding steroid dienone is 5. The molecule has 1 rings (SSSR count). The minimum atomic E-state index is 0.213. The van der Waals surface area contributed by atoms with E-state index in [-0.39, 0.29) is 5.92 Å². The lowest BCUT2D eigenvalue weighted by Gasteiger charge is -2.15. The van der Waals surface area contributed by atoms with E-state index in [0.717, 1.165) is 11.3 Å². The molecule has 2 N–H and O–H groups in total. The van der Waals surface area contributed by atoms with Crippen molar-refractivity contribution in [1.82, 2.24) is 0 Å². The normalized spacial score (nSPS) is 24.3. The van der Waals surface area contributed by atoms with Crippen molar-refractivity contribution < 1.29 is 0 Å². The largest absolute Gasteiger partial charge is 0.402 e. The molecule has 1 nitrogen and oxygen atoms in total. The fourth-order valence-corrected chi connectivity index (χ4v) is 1.09. The van der Waals surface area contributed by atoms with Crippen molar-refractivity contribution in [2.24, 2.45) is 11.7 Å². The molecule has 0 aromatic carbocycles. The topological polar surface area (TPSA) is 26.0 Å². The second-order valence-electron chi connectivity index (χ2n) is 2.59. The van der Waals surface area contributed by atoms with Gasteiger partial charge in [-0.15, -0.1) is 0 Å². The van der Waals surface area contributed by atoms with E-state index >= 15 is 0 Å². The van der Waals surface area contributed by atoms with Gasteiger partial charge in [-0.1, -0.05) is 37.0 Å². The van der Waals surface area contributed by atoms with Gasteiger partial charge in [-0.05, 0) is 12.5 Å². The molecule has 0 amide bonds. The zero-order valence-corrected chi connectivity index (χ0v) is 6.75. The van der Waals surface area contributed by atoms with Crippen LogP contribution in [0.2, 0.25) is 0 Å². The van der Waals surface area contributed by atoms with E-state index in [1.165, 1.54) is 0 Å². The molecule has 11 heavy (non-hydrogen) atoms. The van der Waals surface area contributed by atoms with Crippen LogP contribution in [-0.2, 0) is 0 Å². The predicted octanol–water partition coefficient (Wildman–Crippen LogP) is 2.15. The van der Waals surface area contributed by atoms with Gasteiger partial charge in [0, 0.05) is 11.6 Å². The first-order chi connectivity index (χ1) is 5.25. The minimum absolute atomic E-state index is 0.213. The van der Waals surface area contributed by atoms with Crippen LogP contribution in [0.4, 0.5) is 0 Å². The van der Waals surface area contributed by atoms with Gasteiger partial charge in [-0.3, -0.25) is 0 Å². The number of hydrogen-bond acceptors (Lipinski definition) is 1. The summed E-state index contributed by atoms with van der Waals surface area (Å²) in [5, 5.41) is 0. The van der Waals surface area contributed by atoms with Gasteiger partial charge in [0.15, 0.2) is 0 Å². The maximum atomic E-state index is 5.75. The van der Waals surface area contributed by atoms with Gasteiger partial charge in [-0.25, -0.2) is 0 Å². The summed E-state index contributed by atoms with van der Waals surface area (Å²) in [7, 11) is 0. The first kappa shape index (κ1) is 7.86. The molecular formula is C10H13N. The summed E-state index contributed by atoms with van der Waals surface area (Å²) in [6.45, 7) is 5.85. The molecule has 0 fully saturated rings. The van der Waals surface area contributed by atoms with Crippen LogP contribution in [0.25, 0.3) is 0 Å². The Bertz CT molecular complexity index is 242. The van der Waals surface area contributed by atoms with Crippen molar-refractivity contribution in [3.8, 4) is 0 Å². The van der Waals surface area contributed by atoms with Crippen LogP contribution >= 0.6 is 0 Å². The van der Waals surface area contributed by atoms with Crippen LogP contribution in [0.1, 0.15) is 6.92 Å². The van der Waals surface area contributed by atoms with Crippen LogP contribution in [-0.4, -0.2) is 0 Å². The molecule has 58 valence electrons. The molecule has 1 unspecified atom stereocenters. The van der Waals surface area contributed by atoms with Crippen molar-refractivity contribution >= 4 is 0 Å². The molecule has 0 aromatic rings. The third-order valence-corrected chi connectivity index (χ3v) is 1.82. The van der Waals surface area contributed by atoms with Gasteiger partial charge in [0.2, 0.25) is 0 Å². The highest BCUT2D eigenvalue weighted by atomic mass is 14.6. The van der Waals surface area contributed by atoms with Crippen molar-refractivity contribution in [3.63, 3.8) is 0 Å². The van der Waals surface area contributed by atoms with E-state index in [0.29, 0.717) is 0 Å². The molecule has 0 radical (unpaired) electrons. The first-order valence-corrected chi connectivity index (χ1v) is 3.71. The zero-order chi connectivity index (χ0) is 8.27. The van der Waals surface area contributed by atoms with Gasteiger partial charge >= 0.3 is 0 Å². The Balaban J connectivity index is 2.82. The second-order valence-corrected chi connectivity index (χ2v) is 2.59. The Morgan fingerprint density at radius 3 is 2.91 bits per heavy atom. The van der Waals surface area contributed by atoms with Crippen molar-refractivity contribution in [2.75, 3.05) is 0 Å². The third kappa shape index (κ3) is 1.61. The van der Waals surface area contributed by atoms with Crippen molar-refractivity contribution in [2.45, 2.75) is 6.92 Å². The summed E-state index contributed by atoms with van der Waals surface area (Å²) in [5.41, 5.74) is 7.68. The number of nitrogens with two attached hydrogens (primary N) is 1. The fourth-order valence-electron chi connectivity index (χ4n) is 1.09. The maximum absolute atomic E-state index is 5.75. The van der Waals surface area contributed by atoms with Crippen molar-refractivity contribution in [3.05, 3.63) is 48.2 Å². The predicted molar refractivity (Wildman–Crippen MR) is 48.9 cm³/mol. The SMILES string of the molecule is C=C1C=CC=CC1/C(N)=C\C. The summed E-state index contributed by atoms with van der Waals surface area (Å²) in [5.74, 6) is 0.213. The Hall–Kier alpha value is -1.24. The average molecular weight is 147 g/mol. The van der Waals surface area contributed by atoms with Crippen LogP contribution in [0.3, 0.4) is 0 Å². The Kier molecular flexibility index (Phi) is 2.32. The molecule has 1 aliphatic rings. The quantitative estimate of drug-likeness (QED) is 0.604. The maximum Gasteiger partial charge on any atom is 0.0409 e. The average Bonchev–Trinajstić information content (AvgIpc) is 2.04. The molecular weight excluding hydrogens is 134 g/mol. The summed E-state index contributed by atoms with van der Waals surface area (Å²) < 4.78 is 0. The van der Waals surface area contributed by atoms with Crippen LogP contribution < -0.4 is 5.73 Å². The van der Waals surface area contributed by atoms with Gasteiger partial charge in [0.1, 0.15) is 0 Å². The number of rotatable bonds is 1. The Morgan fingerprint density at radius 1 is 1.64 bits per heavy atom. The highest BCUT2D eigenvalue weighted by molar-refractivity contribution is 5.36. The minimum Gasteiger partial charge on any atom is -0.402 e. The fraction of sp³-hybridized carbons (Fsp3) is 0.200. The van der Waals surface area contributed by atoms with Crippen LogP contribution in [0.15, 0.2) is 48.2 Å². The molecule has 0 aliphatic heterocycles. The molecule has 0 aromatic heterocycles. The number of hydrogen-bond donors (Lipinski definition) is 1. The van der Waals surface area contributed by atoms with Gasteiger partial charge < -0.3 is 5.73 Å². The summed E-state index contributed by atoms with van der Waals surface area (Å²) in [6.07, 6.45) is 9.93. The highest BCUT2D eigenvalue weighted by Crippen LogP contribution is 2.21. The lowest BCUT2D eigenvalue weighted by Crippen LogP contribution is -2.11. The Labute approximate surface area is 67.6 Å². The van der Waals surface area contributed by atoms with E-state index in [2.05, 4.69) is 12.7 Å². The summed E-state index contributed by atoms with van der Waals surface area (Å²) in [4.78, 5) is 0. The van der Waals surface area contributed by atoms with E-state index in [1.54, 1.807) is 0 Å². The van der Waals surface area contributed by atoms with Crippen LogP contribution in [0, 0.1) is 5.92 Å². The van der Waals surface area contributed by atoms with Gasteiger partial charge in [0.25, 0.3) is 0 Å². The lowest BCUT2D eigenvalue weighted by atomic mass is 9.93. The summed E-state index contributed by atoms with van der Waals surface area (Å²) in [6, 6.07) is 0. The smallest absolute Gasteiger partial charge is 0.0409 e. The van der Waals surface area contributed by atoms with E-state index in [1.807, 2.05) is 31.2 Å². The standard InChI is InChI=1S/C10H13N/c1-3-10(11)9-7-5-4-6-8(9)2/h3-7,9H,2,11H2,1H3/b10-3+. The molecule has 0 heterocycles. The Morgan fingerprint density at radius 2 is 2.36 bits per heavy atom. The third-order valence-electron chi connectivity index (χ3n) is 1.82. The molecule has 0 saturated carbocycles. The van der Waals surface area contributed by atoms with Gasteiger partial charge in [-0.2, -0.15) is 0 Å². The van der Waals surface area contributed by atoms with Crippen LogP contribution in [0.5, 0.6) is 0 Å². The lowest BCUT2D eigenvalue weighted by molar-refractivity contribution is 0.894. The molecule has 0 spiro atoms. The molecule has 1 atom stereocenters. The molecule has 1 heteroatoms. The van der Waals surface area contributed by atoms with E-state index in [4.69, 9.17) is 5.73 Å². The zero-order valence-electron chi connectivity index (χ0n) is 6.75. The molecule has 0 saturated heterocycles. The van der Waals surface area contributed by atoms with E-state index < -0.39 is 0 Å². The second kappa shape index (κ2) is 3.24. The molecule has 1 aliphatic carbocycles. The van der Waals surface area contributed by atoms with Crippen molar-refractivity contribution in [1.29, 1.82) is 0 Å². The monoisotopic (exact) mass is 147 g/mol. The van der Waals surface area contributed by atoms with E-state index in [9.17, 15) is 0 Å². The molecule has 0 bridgehead atoms. The highest BCUT2D eigenvalue weighted by Gasteiger charge is 2.10.